The van der Waals surface area contributed by atoms with Crippen LogP contribution in [0.25, 0.3) is 5.69 Å². The molecule has 0 aliphatic carbocycles. The van der Waals surface area contributed by atoms with Gasteiger partial charge in [0.15, 0.2) is 5.82 Å². The Labute approximate surface area is 167 Å². The number of hydrogen-bond acceptors (Lipinski definition) is 4. The number of halogens is 1. The highest BCUT2D eigenvalue weighted by Gasteiger charge is 2.33. The van der Waals surface area contributed by atoms with E-state index in [1.54, 1.807) is 51.8 Å². The van der Waals surface area contributed by atoms with Gasteiger partial charge in [0, 0.05) is 37.1 Å². The molecular formula is C20H23FN6O2. The first-order valence-electron chi connectivity index (χ1n) is 9.41. The quantitative estimate of drug-likeness (QED) is 0.736. The van der Waals surface area contributed by atoms with Gasteiger partial charge in [0.05, 0.1) is 24.9 Å². The lowest BCUT2D eigenvalue weighted by Crippen LogP contribution is -2.45. The topological polar surface area (TPSA) is 77.2 Å². The number of morpholine rings is 1. The van der Waals surface area contributed by atoms with Gasteiger partial charge in [-0.3, -0.25) is 10.00 Å². The summed E-state index contributed by atoms with van der Waals surface area (Å²) in [6.45, 7) is 4.98. The van der Waals surface area contributed by atoms with E-state index in [0.29, 0.717) is 31.3 Å². The van der Waals surface area contributed by atoms with Crippen LogP contribution in [0.5, 0.6) is 0 Å². The number of aryl methyl sites for hydroxylation is 2. The van der Waals surface area contributed by atoms with Crippen molar-refractivity contribution in [1.82, 2.24) is 24.5 Å². The summed E-state index contributed by atoms with van der Waals surface area (Å²) in [5.41, 5.74) is 2.75. The highest BCUT2D eigenvalue weighted by molar-refractivity contribution is 5.88. The Morgan fingerprint density at radius 2 is 2.03 bits per heavy atom. The summed E-state index contributed by atoms with van der Waals surface area (Å²) in [5.74, 6) is 0.132. The molecule has 4 rings (SSSR count). The number of carbonyl (C=O) groups excluding carboxylic acids is 1. The molecule has 2 aromatic heterocycles. The standard InChI is InChI=1S/C20H23FN6O2/c1-13-19(14(2)27(23-13)16-7-5-4-6-15(16)21)17-12-29-11-10-26(17)20(28)22-18-8-9-25(3)24-18/h4-9,17H,10-12H2,1-3H3,(H,22,24,28)/t17-/m1/s1. The summed E-state index contributed by atoms with van der Waals surface area (Å²) >= 11 is 0. The van der Waals surface area contributed by atoms with E-state index >= 15 is 0 Å². The zero-order valence-corrected chi connectivity index (χ0v) is 16.6. The minimum atomic E-state index is -0.353. The first-order chi connectivity index (χ1) is 14.0. The molecule has 9 heteroatoms. The third-order valence-electron chi connectivity index (χ3n) is 5.10. The molecular weight excluding hydrogens is 375 g/mol. The van der Waals surface area contributed by atoms with E-state index in [2.05, 4.69) is 15.5 Å². The second kappa shape index (κ2) is 7.67. The fourth-order valence-electron chi connectivity index (χ4n) is 3.74. The predicted molar refractivity (Wildman–Crippen MR) is 105 cm³/mol. The SMILES string of the molecule is Cc1nn(-c2ccccc2F)c(C)c1[C@H]1COCCN1C(=O)Nc1ccn(C)n1. The zero-order chi connectivity index (χ0) is 20.5. The van der Waals surface area contributed by atoms with Crippen molar-refractivity contribution in [3.8, 4) is 5.69 Å². The van der Waals surface area contributed by atoms with Crippen molar-refractivity contribution in [1.29, 1.82) is 0 Å². The van der Waals surface area contributed by atoms with E-state index in [9.17, 15) is 9.18 Å². The molecule has 1 atom stereocenters. The second-order valence-corrected chi connectivity index (χ2v) is 7.04. The predicted octanol–water partition coefficient (Wildman–Crippen LogP) is 2.97. The maximum absolute atomic E-state index is 14.3. The summed E-state index contributed by atoms with van der Waals surface area (Å²) < 4.78 is 23.2. The van der Waals surface area contributed by atoms with Crippen molar-refractivity contribution in [3.05, 3.63) is 59.3 Å². The number of para-hydroxylation sites is 1. The Hall–Kier alpha value is -3.20. The molecule has 1 aliphatic rings. The third-order valence-corrected chi connectivity index (χ3v) is 5.10. The third kappa shape index (κ3) is 3.61. The van der Waals surface area contributed by atoms with Gasteiger partial charge in [0.1, 0.15) is 11.5 Å². The molecule has 0 bridgehead atoms. The van der Waals surface area contributed by atoms with E-state index in [0.717, 1.165) is 17.0 Å². The van der Waals surface area contributed by atoms with E-state index in [1.807, 2.05) is 13.8 Å². The lowest BCUT2D eigenvalue weighted by Gasteiger charge is -2.35. The zero-order valence-electron chi connectivity index (χ0n) is 16.6. The Balaban J connectivity index is 1.67. The molecule has 1 N–H and O–H groups in total. The van der Waals surface area contributed by atoms with Crippen LogP contribution in [0.3, 0.4) is 0 Å². The van der Waals surface area contributed by atoms with Gasteiger partial charge in [0.25, 0.3) is 0 Å². The maximum atomic E-state index is 14.3. The lowest BCUT2D eigenvalue weighted by atomic mass is 10.0. The normalized spacial score (nSPS) is 16.8. The Morgan fingerprint density at radius 3 is 2.76 bits per heavy atom. The molecule has 0 saturated carbocycles. The molecule has 1 aromatic carbocycles. The smallest absolute Gasteiger partial charge is 0.323 e. The highest BCUT2D eigenvalue weighted by atomic mass is 19.1. The Kier molecular flexibility index (Phi) is 5.06. The number of aromatic nitrogens is 4. The fourth-order valence-corrected chi connectivity index (χ4v) is 3.74. The maximum Gasteiger partial charge on any atom is 0.323 e. The van der Waals surface area contributed by atoms with E-state index < -0.39 is 0 Å². The summed E-state index contributed by atoms with van der Waals surface area (Å²) in [5, 5.41) is 11.6. The van der Waals surface area contributed by atoms with Crippen LogP contribution in [-0.4, -0.2) is 50.3 Å². The molecule has 0 spiro atoms. The minimum absolute atomic E-state index is 0.255. The first kappa shape index (κ1) is 19.1. The number of anilines is 1. The number of nitrogens with zero attached hydrogens (tertiary/aromatic N) is 5. The number of ether oxygens (including phenoxy) is 1. The highest BCUT2D eigenvalue weighted by Crippen LogP contribution is 2.31. The number of hydrogen-bond donors (Lipinski definition) is 1. The van der Waals surface area contributed by atoms with Gasteiger partial charge >= 0.3 is 6.03 Å². The molecule has 8 nitrogen and oxygen atoms in total. The largest absolute Gasteiger partial charge is 0.377 e. The van der Waals surface area contributed by atoms with Gasteiger partial charge in [-0.2, -0.15) is 10.2 Å². The second-order valence-electron chi connectivity index (χ2n) is 7.04. The summed E-state index contributed by atoms with van der Waals surface area (Å²) in [6, 6.07) is 7.65. The molecule has 152 valence electrons. The number of amides is 2. The van der Waals surface area contributed by atoms with Crippen molar-refractivity contribution >= 4 is 11.8 Å². The number of urea groups is 1. The summed E-state index contributed by atoms with van der Waals surface area (Å²) in [6.07, 6.45) is 1.76. The molecule has 1 saturated heterocycles. The van der Waals surface area contributed by atoms with Crippen LogP contribution in [-0.2, 0) is 11.8 Å². The molecule has 29 heavy (non-hydrogen) atoms. The average Bonchev–Trinajstić information content (AvgIpc) is 3.24. The fraction of sp³-hybridized carbons (Fsp3) is 0.350. The van der Waals surface area contributed by atoms with Gasteiger partial charge in [-0.1, -0.05) is 12.1 Å². The molecule has 0 unspecified atom stereocenters. The molecule has 2 amide bonds. The van der Waals surface area contributed by atoms with Crippen LogP contribution in [0.1, 0.15) is 23.0 Å². The van der Waals surface area contributed by atoms with Gasteiger partial charge in [-0.15, -0.1) is 0 Å². The molecule has 3 heterocycles. The van der Waals surface area contributed by atoms with Gasteiger partial charge in [-0.05, 0) is 26.0 Å². The molecule has 0 radical (unpaired) electrons. The van der Waals surface area contributed by atoms with Crippen LogP contribution < -0.4 is 5.32 Å². The molecule has 3 aromatic rings. The van der Waals surface area contributed by atoms with Gasteiger partial charge in [-0.25, -0.2) is 13.9 Å². The first-order valence-corrected chi connectivity index (χ1v) is 9.41. The van der Waals surface area contributed by atoms with E-state index in [-0.39, 0.29) is 17.9 Å². The van der Waals surface area contributed by atoms with Crippen molar-refractivity contribution in [3.63, 3.8) is 0 Å². The van der Waals surface area contributed by atoms with Crippen molar-refractivity contribution in [2.75, 3.05) is 25.1 Å². The number of benzene rings is 1. The molecule has 1 fully saturated rings. The van der Waals surface area contributed by atoms with Crippen molar-refractivity contribution < 1.29 is 13.9 Å². The minimum Gasteiger partial charge on any atom is -0.377 e. The van der Waals surface area contributed by atoms with E-state index in [1.165, 1.54) is 6.07 Å². The number of nitrogens with one attached hydrogen (secondary N) is 1. The van der Waals surface area contributed by atoms with Crippen molar-refractivity contribution in [2.45, 2.75) is 19.9 Å². The van der Waals surface area contributed by atoms with Crippen LogP contribution in [0.15, 0.2) is 36.5 Å². The van der Waals surface area contributed by atoms with Gasteiger partial charge < -0.3 is 9.64 Å². The monoisotopic (exact) mass is 398 g/mol. The Bertz CT molecular complexity index is 1040. The number of carbonyl (C=O) groups is 1. The van der Waals surface area contributed by atoms with Crippen LogP contribution >= 0.6 is 0 Å². The average molecular weight is 398 g/mol. The molecule has 1 aliphatic heterocycles. The van der Waals surface area contributed by atoms with Crippen LogP contribution in [0, 0.1) is 19.7 Å². The van der Waals surface area contributed by atoms with Crippen molar-refractivity contribution in [2.24, 2.45) is 7.05 Å². The van der Waals surface area contributed by atoms with Gasteiger partial charge in [0.2, 0.25) is 0 Å². The van der Waals surface area contributed by atoms with Crippen LogP contribution in [0.2, 0.25) is 0 Å². The Morgan fingerprint density at radius 1 is 1.24 bits per heavy atom. The summed E-state index contributed by atoms with van der Waals surface area (Å²) in [7, 11) is 1.79. The number of rotatable bonds is 3. The van der Waals surface area contributed by atoms with Crippen LogP contribution in [0.4, 0.5) is 15.0 Å². The van der Waals surface area contributed by atoms with E-state index in [4.69, 9.17) is 4.74 Å². The summed E-state index contributed by atoms with van der Waals surface area (Å²) in [4.78, 5) is 14.7. The lowest BCUT2D eigenvalue weighted by molar-refractivity contribution is 0.0143.